The van der Waals surface area contributed by atoms with Gasteiger partial charge in [-0.15, -0.1) is 0 Å². The van der Waals surface area contributed by atoms with Gasteiger partial charge in [-0.25, -0.2) is 0 Å². The molecule has 0 aliphatic heterocycles. The van der Waals surface area contributed by atoms with Gasteiger partial charge >= 0.3 is 0 Å². The Labute approximate surface area is 150 Å². The van der Waals surface area contributed by atoms with E-state index in [1.807, 2.05) is 24.3 Å². The van der Waals surface area contributed by atoms with Crippen molar-refractivity contribution in [3.63, 3.8) is 0 Å². The van der Waals surface area contributed by atoms with E-state index in [0.717, 1.165) is 37.5 Å². The molecule has 0 radical (unpaired) electrons. The van der Waals surface area contributed by atoms with Crippen molar-refractivity contribution in [1.29, 1.82) is 0 Å². The number of rotatable bonds is 9. The van der Waals surface area contributed by atoms with Gasteiger partial charge in [0.05, 0.1) is 6.61 Å². The van der Waals surface area contributed by atoms with E-state index in [0.29, 0.717) is 12.2 Å². The average Bonchev–Trinajstić information content (AvgIpc) is 2.66. The number of hydrogen-bond donors (Lipinski definition) is 1. The molecule has 0 bridgehead atoms. The van der Waals surface area contributed by atoms with Gasteiger partial charge in [0.1, 0.15) is 5.75 Å². The standard InChI is InChI=1S/C21H28N2O2/c1-4-14-25-20-9-7-8-18(15-20)21(24)22-19-12-10-17(11-13-19)16-23(5-2)6-3/h7-13,15H,4-6,14,16H2,1-3H3,(H,22,24). The molecule has 0 fully saturated rings. The number of anilines is 1. The molecule has 0 heterocycles. The predicted molar refractivity (Wildman–Crippen MR) is 103 cm³/mol. The number of benzene rings is 2. The number of ether oxygens (including phenoxy) is 1. The van der Waals surface area contributed by atoms with Gasteiger partial charge in [-0.05, 0) is 55.4 Å². The summed E-state index contributed by atoms with van der Waals surface area (Å²) < 4.78 is 5.59. The van der Waals surface area contributed by atoms with E-state index >= 15 is 0 Å². The maximum absolute atomic E-state index is 12.4. The second-order valence-electron chi connectivity index (χ2n) is 5.99. The van der Waals surface area contributed by atoms with Crippen LogP contribution in [0.3, 0.4) is 0 Å². The Morgan fingerprint density at radius 2 is 1.76 bits per heavy atom. The fraction of sp³-hybridized carbons (Fsp3) is 0.381. The van der Waals surface area contributed by atoms with Crippen molar-refractivity contribution in [1.82, 2.24) is 4.90 Å². The highest BCUT2D eigenvalue weighted by Gasteiger charge is 2.08. The molecule has 1 amide bonds. The molecule has 134 valence electrons. The zero-order chi connectivity index (χ0) is 18.1. The Hall–Kier alpha value is -2.33. The van der Waals surface area contributed by atoms with Crippen molar-refractivity contribution in [2.45, 2.75) is 33.7 Å². The Kier molecular flexibility index (Phi) is 7.48. The molecule has 4 heteroatoms. The largest absolute Gasteiger partial charge is 0.494 e. The monoisotopic (exact) mass is 340 g/mol. The molecule has 0 aromatic heterocycles. The lowest BCUT2D eigenvalue weighted by atomic mass is 10.1. The van der Waals surface area contributed by atoms with Gasteiger partial charge in [0, 0.05) is 17.8 Å². The minimum absolute atomic E-state index is 0.126. The number of nitrogens with one attached hydrogen (secondary N) is 1. The quantitative estimate of drug-likeness (QED) is 0.727. The van der Waals surface area contributed by atoms with Crippen LogP contribution in [0, 0.1) is 0 Å². The molecule has 25 heavy (non-hydrogen) atoms. The van der Waals surface area contributed by atoms with Crippen LogP contribution in [0.25, 0.3) is 0 Å². The van der Waals surface area contributed by atoms with Gasteiger partial charge in [-0.2, -0.15) is 0 Å². The summed E-state index contributed by atoms with van der Waals surface area (Å²) in [6, 6.07) is 15.3. The summed E-state index contributed by atoms with van der Waals surface area (Å²) >= 11 is 0. The zero-order valence-electron chi connectivity index (χ0n) is 15.4. The maximum atomic E-state index is 12.4. The van der Waals surface area contributed by atoms with E-state index in [9.17, 15) is 4.79 Å². The van der Waals surface area contributed by atoms with Gasteiger partial charge in [0.2, 0.25) is 0 Å². The second kappa shape index (κ2) is 9.84. The SMILES string of the molecule is CCCOc1cccc(C(=O)Nc2ccc(CN(CC)CC)cc2)c1. The van der Waals surface area contributed by atoms with Crippen LogP contribution >= 0.6 is 0 Å². The van der Waals surface area contributed by atoms with Gasteiger partial charge in [0.25, 0.3) is 5.91 Å². The van der Waals surface area contributed by atoms with Gasteiger partial charge in [-0.1, -0.05) is 39.0 Å². The molecule has 2 aromatic carbocycles. The minimum Gasteiger partial charge on any atom is -0.494 e. The van der Waals surface area contributed by atoms with Crippen molar-refractivity contribution < 1.29 is 9.53 Å². The van der Waals surface area contributed by atoms with Gasteiger partial charge in [-0.3, -0.25) is 9.69 Å². The number of carbonyl (C=O) groups is 1. The van der Waals surface area contributed by atoms with Crippen LogP contribution in [-0.2, 0) is 6.54 Å². The summed E-state index contributed by atoms with van der Waals surface area (Å²) in [4.78, 5) is 14.8. The second-order valence-corrected chi connectivity index (χ2v) is 5.99. The molecule has 4 nitrogen and oxygen atoms in total. The van der Waals surface area contributed by atoms with E-state index in [4.69, 9.17) is 4.74 Å². The molecule has 1 N–H and O–H groups in total. The van der Waals surface area contributed by atoms with Crippen LogP contribution in [0.4, 0.5) is 5.69 Å². The number of nitrogens with zero attached hydrogens (tertiary/aromatic N) is 1. The van der Waals surface area contributed by atoms with Crippen molar-refractivity contribution in [3.05, 3.63) is 59.7 Å². The maximum Gasteiger partial charge on any atom is 0.255 e. The Morgan fingerprint density at radius 1 is 1.04 bits per heavy atom. The first-order valence-corrected chi connectivity index (χ1v) is 9.01. The van der Waals surface area contributed by atoms with E-state index in [1.165, 1.54) is 5.56 Å². The van der Waals surface area contributed by atoms with Crippen molar-refractivity contribution in [3.8, 4) is 5.75 Å². The van der Waals surface area contributed by atoms with Gasteiger partial charge in [0.15, 0.2) is 0 Å². The normalized spacial score (nSPS) is 10.7. The highest BCUT2D eigenvalue weighted by Crippen LogP contribution is 2.16. The lowest BCUT2D eigenvalue weighted by Gasteiger charge is -2.18. The highest BCUT2D eigenvalue weighted by molar-refractivity contribution is 6.04. The van der Waals surface area contributed by atoms with E-state index < -0.39 is 0 Å². The predicted octanol–water partition coefficient (Wildman–Crippen LogP) is 4.57. The van der Waals surface area contributed by atoms with Crippen molar-refractivity contribution >= 4 is 11.6 Å². The molecule has 2 rings (SSSR count). The number of carbonyl (C=O) groups excluding carboxylic acids is 1. The number of hydrogen-bond acceptors (Lipinski definition) is 3. The first-order valence-electron chi connectivity index (χ1n) is 9.01. The molecule has 0 unspecified atom stereocenters. The third-order valence-electron chi connectivity index (χ3n) is 4.08. The zero-order valence-corrected chi connectivity index (χ0v) is 15.4. The summed E-state index contributed by atoms with van der Waals surface area (Å²) in [6.45, 7) is 10.0. The number of amides is 1. The topological polar surface area (TPSA) is 41.6 Å². The van der Waals surface area contributed by atoms with E-state index in [1.54, 1.807) is 12.1 Å². The summed E-state index contributed by atoms with van der Waals surface area (Å²) in [5, 5.41) is 2.94. The summed E-state index contributed by atoms with van der Waals surface area (Å²) in [5.74, 6) is 0.600. The first-order chi connectivity index (χ1) is 12.2. The Morgan fingerprint density at radius 3 is 2.40 bits per heavy atom. The van der Waals surface area contributed by atoms with Crippen LogP contribution < -0.4 is 10.1 Å². The van der Waals surface area contributed by atoms with Crippen LogP contribution in [0.5, 0.6) is 5.75 Å². The third kappa shape index (κ3) is 5.91. The molecule has 0 aliphatic rings. The molecule has 0 atom stereocenters. The lowest BCUT2D eigenvalue weighted by Crippen LogP contribution is -2.22. The van der Waals surface area contributed by atoms with E-state index in [-0.39, 0.29) is 5.91 Å². The molecule has 0 aliphatic carbocycles. The van der Waals surface area contributed by atoms with E-state index in [2.05, 4.69) is 43.1 Å². The van der Waals surface area contributed by atoms with Crippen molar-refractivity contribution in [2.75, 3.05) is 25.0 Å². The summed E-state index contributed by atoms with van der Waals surface area (Å²) in [6.07, 6.45) is 0.941. The highest BCUT2D eigenvalue weighted by atomic mass is 16.5. The molecular formula is C21H28N2O2. The third-order valence-corrected chi connectivity index (χ3v) is 4.08. The summed E-state index contributed by atoms with van der Waals surface area (Å²) in [7, 11) is 0. The van der Waals surface area contributed by atoms with Crippen LogP contribution in [0.15, 0.2) is 48.5 Å². The fourth-order valence-electron chi connectivity index (χ4n) is 2.55. The molecule has 2 aromatic rings. The smallest absolute Gasteiger partial charge is 0.255 e. The van der Waals surface area contributed by atoms with Gasteiger partial charge < -0.3 is 10.1 Å². The van der Waals surface area contributed by atoms with Crippen LogP contribution in [0.1, 0.15) is 43.1 Å². The fourth-order valence-corrected chi connectivity index (χ4v) is 2.55. The van der Waals surface area contributed by atoms with Crippen molar-refractivity contribution in [2.24, 2.45) is 0 Å². The Balaban J connectivity index is 1.98. The molecule has 0 saturated heterocycles. The minimum atomic E-state index is -0.126. The lowest BCUT2D eigenvalue weighted by molar-refractivity contribution is 0.102. The summed E-state index contributed by atoms with van der Waals surface area (Å²) in [5.41, 5.74) is 2.64. The van der Waals surface area contributed by atoms with Crippen LogP contribution in [0.2, 0.25) is 0 Å². The average molecular weight is 340 g/mol. The molecule has 0 spiro atoms. The molecule has 0 saturated carbocycles. The van der Waals surface area contributed by atoms with Crippen LogP contribution in [-0.4, -0.2) is 30.5 Å². The Bertz CT molecular complexity index is 664. The molecular weight excluding hydrogens is 312 g/mol. The first kappa shape index (κ1) is 19.0.